The molecule has 3 N–H and O–H groups in total. The fraction of sp³-hybridized carbons (Fsp3) is 0.156. The third-order valence-electron chi connectivity index (χ3n) is 7.40. The summed E-state index contributed by atoms with van der Waals surface area (Å²) < 4.78 is 2.07. The fourth-order valence-corrected chi connectivity index (χ4v) is 5.40. The van der Waals surface area contributed by atoms with Gasteiger partial charge in [0.2, 0.25) is 0 Å². The van der Waals surface area contributed by atoms with Crippen LogP contribution in [-0.4, -0.2) is 31.8 Å². The highest BCUT2D eigenvalue weighted by Crippen LogP contribution is 2.43. The minimum Gasteiger partial charge on any atom is -0.423 e. The SMILES string of the molecule is CC(C)C(O)(c1cccc(B(O)O)c1)c1cn(C(c2ccccc2)(c2ccccc2)c2ccccc2)cn1. The number of hydrogen-bond donors (Lipinski definition) is 3. The number of benzene rings is 4. The zero-order chi connectivity index (χ0) is 26.8. The van der Waals surface area contributed by atoms with Crippen molar-refractivity contribution in [3.8, 4) is 0 Å². The molecule has 0 fully saturated rings. The molecule has 4 aromatic carbocycles. The average molecular weight is 502 g/mol. The van der Waals surface area contributed by atoms with Crippen LogP contribution in [0.2, 0.25) is 0 Å². The highest BCUT2D eigenvalue weighted by molar-refractivity contribution is 6.58. The predicted molar refractivity (Wildman–Crippen MR) is 151 cm³/mol. The molecule has 0 bridgehead atoms. The fourth-order valence-electron chi connectivity index (χ4n) is 5.40. The Morgan fingerprint density at radius 1 is 0.684 bits per heavy atom. The molecule has 6 heteroatoms. The summed E-state index contributed by atoms with van der Waals surface area (Å²) in [4.78, 5) is 4.79. The van der Waals surface area contributed by atoms with E-state index in [1.165, 1.54) is 0 Å². The van der Waals surface area contributed by atoms with Crippen molar-refractivity contribution in [2.75, 3.05) is 0 Å². The first-order valence-corrected chi connectivity index (χ1v) is 12.8. The zero-order valence-corrected chi connectivity index (χ0v) is 21.5. The molecule has 1 heterocycles. The van der Waals surface area contributed by atoms with Crippen molar-refractivity contribution < 1.29 is 15.2 Å². The van der Waals surface area contributed by atoms with E-state index in [-0.39, 0.29) is 5.92 Å². The maximum atomic E-state index is 12.2. The second-order valence-electron chi connectivity index (χ2n) is 9.89. The number of aliphatic hydroxyl groups is 1. The van der Waals surface area contributed by atoms with Crippen LogP contribution in [0.15, 0.2) is 128 Å². The summed E-state index contributed by atoms with van der Waals surface area (Å²) in [5.74, 6) is -0.253. The van der Waals surface area contributed by atoms with Gasteiger partial charge in [-0.05, 0) is 33.6 Å². The number of nitrogens with zero attached hydrogens (tertiary/aromatic N) is 2. The molecule has 1 atom stereocenters. The third kappa shape index (κ3) is 4.27. The second kappa shape index (κ2) is 10.4. The Kier molecular flexibility index (Phi) is 7.04. The van der Waals surface area contributed by atoms with Crippen LogP contribution >= 0.6 is 0 Å². The first kappa shape index (κ1) is 25.7. The molecular weight excluding hydrogens is 471 g/mol. The maximum Gasteiger partial charge on any atom is 0.488 e. The van der Waals surface area contributed by atoms with Crippen LogP contribution in [0.25, 0.3) is 0 Å². The third-order valence-corrected chi connectivity index (χ3v) is 7.40. The molecule has 5 rings (SSSR count). The first-order chi connectivity index (χ1) is 18.4. The van der Waals surface area contributed by atoms with Crippen molar-refractivity contribution in [3.05, 3.63) is 156 Å². The maximum absolute atomic E-state index is 12.2. The standard InChI is InChI=1S/C32H31BN2O3/c1-24(2)32(36,28-19-12-20-29(21-28)33(37)38)30-22-35(23-34-30)31(25-13-6-3-7-14-25,26-15-8-4-9-16-26)27-17-10-5-11-18-27/h3-24,36-38H,1-2H3. The molecule has 0 radical (unpaired) electrons. The van der Waals surface area contributed by atoms with E-state index in [1.54, 1.807) is 30.6 Å². The van der Waals surface area contributed by atoms with Gasteiger partial charge < -0.3 is 19.7 Å². The quantitative estimate of drug-likeness (QED) is 0.219. The molecule has 190 valence electrons. The van der Waals surface area contributed by atoms with Crippen LogP contribution in [0, 0.1) is 5.92 Å². The van der Waals surface area contributed by atoms with E-state index < -0.39 is 18.3 Å². The molecule has 0 aliphatic carbocycles. The van der Waals surface area contributed by atoms with Crippen molar-refractivity contribution in [2.24, 2.45) is 5.92 Å². The van der Waals surface area contributed by atoms with Gasteiger partial charge in [0.25, 0.3) is 0 Å². The number of aromatic nitrogens is 2. The van der Waals surface area contributed by atoms with Gasteiger partial charge >= 0.3 is 7.12 Å². The predicted octanol–water partition coefficient (Wildman–Crippen LogP) is 4.30. The molecule has 0 aliphatic heterocycles. The summed E-state index contributed by atoms with van der Waals surface area (Å²) in [5, 5.41) is 31.7. The van der Waals surface area contributed by atoms with Gasteiger partial charge in [-0.25, -0.2) is 4.98 Å². The van der Waals surface area contributed by atoms with Gasteiger partial charge in [-0.2, -0.15) is 0 Å². The summed E-state index contributed by atoms with van der Waals surface area (Å²) >= 11 is 0. The second-order valence-corrected chi connectivity index (χ2v) is 9.89. The van der Waals surface area contributed by atoms with Crippen molar-refractivity contribution in [1.29, 1.82) is 0 Å². The van der Waals surface area contributed by atoms with Crippen molar-refractivity contribution in [2.45, 2.75) is 25.0 Å². The van der Waals surface area contributed by atoms with Crippen LogP contribution in [0.4, 0.5) is 0 Å². The van der Waals surface area contributed by atoms with Gasteiger partial charge in [0.15, 0.2) is 0 Å². The highest BCUT2D eigenvalue weighted by Gasteiger charge is 2.42. The molecule has 0 aliphatic rings. The first-order valence-electron chi connectivity index (χ1n) is 12.8. The van der Waals surface area contributed by atoms with Gasteiger partial charge in [-0.15, -0.1) is 0 Å². The molecule has 1 aromatic heterocycles. The molecule has 5 nitrogen and oxygen atoms in total. The largest absolute Gasteiger partial charge is 0.488 e. The van der Waals surface area contributed by atoms with Crippen LogP contribution in [0.1, 0.15) is 41.8 Å². The van der Waals surface area contributed by atoms with Crippen molar-refractivity contribution in [1.82, 2.24) is 9.55 Å². The van der Waals surface area contributed by atoms with Gasteiger partial charge in [-0.3, -0.25) is 0 Å². The van der Waals surface area contributed by atoms with E-state index in [2.05, 4.69) is 41.0 Å². The molecule has 0 saturated heterocycles. The Hall–Kier alpha value is -3.97. The molecule has 5 aromatic rings. The summed E-state index contributed by atoms with van der Waals surface area (Å²) in [6.45, 7) is 3.86. The molecule has 0 saturated carbocycles. The summed E-state index contributed by atoms with van der Waals surface area (Å²) in [5.41, 5.74) is 2.28. The van der Waals surface area contributed by atoms with E-state index in [1.807, 2.05) is 74.6 Å². The minimum absolute atomic E-state index is 0.253. The lowest BCUT2D eigenvalue weighted by molar-refractivity contribution is 0.0278. The summed E-state index contributed by atoms with van der Waals surface area (Å²) in [6, 6.07) is 37.6. The average Bonchev–Trinajstić information content (AvgIpc) is 3.46. The summed E-state index contributed by atoms with van der Waals surface area (Å²) in [7, 11) is -1.63. The van der Waals surface area contributed by atoms with Gasteiger partial charge in [0.05, 0.1) is 12.0 Å². The van der Waals surface area contributed by atoms with Gasteiger partial charge in [-0.1, -0.05) is 129 Å². The number of hydrogen-bond acceptors (Lipinski definition) is 4. The van der Waals surface area contributed by atoms with Crippen LogP contribution in [0.3, 0.4) is 0 Å². The van der Waals surface area contributed by atoms with E-state index in [4.69, 9.17) is 4.98 Å². The Balaban J connectivity index is 1.78. The molecule has 0 amide bonds. The van der Waals surface area contributed by atoms with E-state index in [9.17, 15) is 15.2 Å². The monoisotopic (exact) mass is 502 g/mol. The van der Waals surface area contributed by atoms with Crippen LogP contribution in [0.5, 0.6) is 0 Å². The Bertz CT molecular complexity index is 1390. The molecule has 0 spiro atoms. The van der Waals surface area contributed by atoms with E-state index in [0.717, 1.165) is 16.7 Å². The summed E-state index contributed by atoms with van der Waals surface area (Å²) in [6.07, 6.45) is 3.69. The van der Waals surface area contributed by atoms with Gasteiger partial charge in [0.1, 0.15) is 11.1 Å². The van der Waals surface area contributed by atoms with Crippen LogP contribution in [-0.2, 0) is 11.1 Å². The number of rotatable bonds is 8. The smallest absolute Gasteiger partial charge is 0.423 e. The van der Waals surface area contributed by atoms with E-state index >= 15 is 0 Å². The molecule has 1 unspecified atom stereocenters. The Morgan fingerprint density at radius 2 is 1.16 bits per heavy atom. The number of imidazole rings is 1. The lowest BCUT2D eigenvalue weighted by atomic mass is 9.74. The van der Waals surface area contributed by atoms with Gasteiger partial charge in [0, 0.05) is 6.20 Å². The topological polar surface area (TPSA) is 78.5 Å². The van der Waals surface area contributed by atoms with E-state index in [0.29, 0.717) is 16.7 Å². The molecular formula is C32H31BN2O3. The highest BCUT2D eigenvalue weighted by atomic mass is 16.4. The lowest BCUT2D eigenvalue weighted by Gasteiger charge is -2.37. The minimum atomic E-state index is -1.63. The van der Waals surface area contributed by atoms with Crippen molar-refractivity contribution >= 4 is 12.6 Å². The van der Waals surface area contributed by atoms with Crippen molar-refractivity contribution in [3.63, 3.8) is 0 Å². The molecule has 38 heavy (non-hydrogen) atoms. The zero-order valence-electron chi connectivity index (χ0n) is 21.5. The lowest BCUT2D eigenvalue weighted by Crippen LogP contribution is -2.38. The van der Waals surface area contributed by atoms with Crippen LogP contribution < -0.4 is 5.46 Å². The Labute approximate surface area is 223 Å². The Morgan fingerprint density at radius 3 is 1.61 bits per heavy atom. The normalized spacial score (nSPS) is 13.3.